The van der Waals surface area contributed by atoms with Crippen molar-refractivity contribution in [1.82, 2.24) is 4.90 Å². The third-order valence-corrected chi connectivity index (χ3v) is 5.08. The molecule has 0 radical (unpaired) electrons. The molecule has 2 aromatic carbocycles. The Bertz CT molecular complexity index is 837. The fraction of sp³-hybridized carbons (Fsp3) is 0.333. The maximum absolute atomic E-state index is 13.0. The topological polar surface area (TPSA) is 73.6 Å². The van der Waals surface area contributed by atoms with Gasteiger partial charge in [-0.05, 0) is 55.7 Å². The number of rotatable bonds is 4. The van der Waals surface area contributed by atoms with Gasteiger partial charge in [-0.25, -0.2) is 0 Å². The Balaban J connectivity index is 1.88. The molecular formula is C21H22N2O3. The summed E-state index contributed by atoms with van der Waals surface area (Å²) in [6.07, 6.45) is 1.56. The van der Waals surface area contributed by atoms with Gasteiger partial charge >= 0.3 is 0 Å². The predicted octanol–water partition coefficient (Wildman–Crippen LogP) is 3.08. The van der Waals surface area contributed by atoms with E-state index in [-0.39, 0.29) is 11.9 Å². The number of benzene rings is 2. The van der Waals surface area contributed by atoms with E-state index in [4.69, 9.17) is 10.00 Å². The van der Waals surface area contributed by atoms with Crippen molar-refractivity contribution in [2.24, 2.45) is 0 Å². The average molecular weight is 350 g/mol. The highest BCUT2D eigenvalue weighted by Crippen LogP contribution is 2.36. The third-order valence-electron chi connectivity index (χ3n) is 5.08. The Hall–Kier alpha value is -2.84. The van der Waals surface area contributed by atoms with Gasteiger partial charge in [0.25, 0.3) is 5.91 Å². The molecule has 26 heavy (non-hydrogen) atoms. The number of carbonyl (C=O) groups excluding carboxylic acids is 1. The van der Waals surface area contributed by atoms with Gasteiger partial charge in [0.15, 0.2) is 0 Å². The van der Waals surface area contributed by atoms with Gasteiger partial charge < -0.3 is 14.7 Å². The van der Waals surface area contributed by atoms with E-state index >= 15 is 0 Å². The predicted molar refractivity (Wildman–Crippen MR) is 97.8 cm³/mol. The van der Waals surface area contributed by atoms with Crippen LogP contribution < -0.4 is 4.74 Å². The second-order valence-corrected chi connectivity index (χ2v) is 6.73. The van der Waals surface area contributed by atoms with E-state index < -0.39 is 5.60 Å². The molecule has 0 saturated carbocycles. The summed E-state index contributed by atoms with van der Waals surface area (Å²) in [4.78, 5) is 14.7. The average Bonchev–Trinajstić information content (AvgIpc) is 3.18. The van der Waals surface area contributed by atoms with Crippen molar-refractivity contribution in [1.29, 1.82) is 5.26 Å². The van der Waals surface area contributed by atoms with Crippen LogP contribution in [-0.2, 0) is 5.60 Å². The first-order valence-corrected chi connectivity index (χ1v) is 8.65. The zero-order chi connectivity index (χ0) is 18.7. The largest absolute Gasteiger partial charge is 0.497 e. The lowest BCUT2D eigenvalue weighted by Crippen LogP contribution is -2.48. The van der Waals surface area contributed by atoms with Crippen molar-refractivity contribution >= 4 is 5.91 Å². The molecule has 2 atom stereocenters. The van der Waals surface area contributed by atoms with Crippen LogP contribution in [0.15, 0.2) is 48.5 Å². The van der Waals surface area contributed by atoms with Crippen LogP contribution in [0.2, 0.25) is 0 Å². The highest BCUT2D eigenvalue weighted by molar-refractivity contribution is 5.95. The van der Waals surface area contributed by atoms with Crippen molar-refractivity contribution in [3.05, 3.63) is 65.2 Å². The number of hydrogen-bond donors (Lipinski definition) is 1. The molecule has 5 nitrogen and oxygen atoms in total. The van der Waals surface area contributed by atoms with Crippen molar-refractivity contribution in [3.8, 4) is 11.8 Å². The van der Waals surface area contributed by atoms with Gasteiger partial charge in [-0.2, -0.15) is 5.26 Å². The Labute approximate surface area is 153 Å². The lowest BCUT2D eigenvalue weighted by Gasteiger charge is -2.37. The Morgan fingerprint density at radius 3 is 2.69 bits per heavy atom. The van der Waals surface area contributed by atoms with Crippen LogP contribution in [0.4, 0.5) is 0 Å². The van der Waals surface area contributed by atoms with Gasteiger partial charge in [0.1, 0.15) is 11.4 Å². The molecule has 3 rings (SSSR count). The van der Waals surface area contributed by atoms with Crippen LogP contribution in [0.1, 0.15) is 41.3 Å². The number of nitrogens with zero attached hydrogens (tertiary/aromatic N) is 2. The Morgan fingerprint density at radius 1 is 1.31 bits per heavy atom. The van der Waals surface area contributed by atoms with Crippen LogP contribution in [0.5, 0.6) is 5.75 Å². The summed E-state index contributed by atoms with van der Waals surface area (Å²) in [7, 11) is 1.60. The lowest BCUT2D eigenvalue weighted by molar-refractivity contribution is -0.0177. The molecule has 1 aliphatic rings. The van der Waals surface area contributed by atoms with Crippen LogP contribution in [0, 0.1) is 11.3 Å². The first kappa shape index (κ1) is 18.0. The minimum atomic E-state index is -1.18. The van der Waals surface area contributed by atoms with E-state index in [1.807, 2.05) is 12.1 Å². The molecule has 1 heterocycles. The number of nitriles is 1. The highest BCUT2D eigenvalue weighted by Gasteiger charge is 2.42. The molecule has 1 fully saturated rings. The number of hydrogen-bond acceptors (Lipinski definition) is 4. The van der Waals surface area contributed by atoms with E-state index in [0.717, 1.165) is 24.2 Å². The van der Waals surface area contributed by atoms with Crippen molar-refractivity contribution in [3.63, 3.8) is 0 Å². The fourth-order valence-electron chi connectivity index (χ4n) is 3.60. The number of likely N-dealkylation sites (tertiary alicyclic amines) is 1. The second-order valence-electron chi connectivity index (χ2n) is 6.73. The first-order valence-electron chi connectivity index (χ1n) is 8.65. The molecule has 1 N–H and O–H groups in total. The number of aliphatic hydroxyl groups is 1. The van der Waals surface area contributed by atoms with Crippen LogP contribution >= 0.6 is 0 Å². The first-order chi connectivity index (χ1) is 12.5. The molecule has 0 bridgehead atoms. The van der Waals surface area contributed by atoms with Gasteiger partial charge in [-0.15, -0.1) is 0 Å². The van der Waals surface area contributed by atoms with E-state index in [0.29, 0.717) is 17.7 Å². The summed E-state index contributed by atoms with van der Waals surface area (Å²) in [5.74, 6) is 0.565. The zero-order valence-electron chi connectivity index (χ0n) is 15.0. The molecule has 1 saturated heterocycles. The van der Waals surface area contributed by atoms with Crippen molar-refractivity contribution in [2.45, 2.75) is 31.4 Å². The molecule has 0 unspecified atom stereocenters. The molecule has 1 amide bonds. The quantitative estimate of drug-likeness (QED) is 0.920. The molecule has 0 aliphatic carbocycles. The number of ether oxygens (including phenoxy) is 1. The summed E-state index contributed by atoms with van der Waals surface area (Å²) in [5.41, 5.74) is 0.495. The van der Waals surface area contributed by atoms with Gasteiger partial charge in [-0.1, -0.05) is 18.2 Å². The molecule has 2 aromatic rings. The van der Waals surface area contributed by atoms with Crippen molar-refractivity contribution in [2.75, 3.05) is 13.7 Å². The Morgan fingerprint density at radius 2 is 2.04 bits per heavy atom. The fourth-order valence-corrected chi connectivity index (χ4v) is 3.60. The van der Waals surface area contributed by atoms with E-state index in [2.05, 4.69) is 6.07 Å². The van der Waals surface area contributed by atoms with Gasteiger partial charge in [0.2, 0.25) is 0 Å². The summed E-state index contributed by atoms with van der Waals surface area (Å²) in [6.45, 7) is 2.34. The third kappa shape index (κ3) is 3.29. The standard InChI is InChI=1S/C21H22N2O3/c1-21(25,17-8-10-18(26-2)11-9-17)19-7-4-12-23(19)20(24)16-6-3-5-15(13-16)14-22/h3,5-6,8-11,13,19,25H,4,7,12H2,1-2H3/t19-,21-/m1/s1. The Kier molecular flexibility index (Phi) is 4.97. The van der Waals surface area contributed by atoms with Gasteiger partial charge in [0.05, 0.1) is 24.8 Å². The monoisotopic (exact) mass is 350 g/mol. The maximum atomic E-state index is 13.0. The SMILES string of the molecule is COc1ccc([C@@](C)(O)[C@H]2CCCN2C(=O)c2cccc(C#N)c2)cc1. The van der Waals surface area contributed by atoms with Gasteiger partial charge in [0, 0.05) is 12.1 Å². The summed E-state index contributed by atoms with van der Waals surface area (Å²) < 4.78 is 5.17. The van der Waals surface area contributed by atoms with Gasteiger partial charge in [-0.3, -0.25) is 4.79 Å². The maximum Gasteiger partial charge on any atom is 0.254 e. The van der Waals surface area contributed by atoms with E-state index in [1.54, 1.807) is 55.3 Å². The van der Waals surface area contributed by atoms with Crippen LogP contribution in [-0.4, -0.2) is 35.6 Å². The molecular weight excluding hydrogens is 328 g/mol. The number of amides is 1. The zero-order valence-corrected chi connectivity index (χ0v) is 15.0. The minimum absolute atomic E-state index is 0.154. The van der Waals surface area contributed by atoms with Crippen molar-refractivity contribution < 1.29 is 14.6 Å². The summed E-state index contributed by atoms with van der Waals surface area (Å²) in [5, 5.41) is 20.3. The van der Waals surface area contributed by atoms with E-state index in [1.165, 1.54) is 0 Å². The molecule has 0 spiro atoms. The normalized spacial score (nSPS) is 18.8. The summed E-state index contributed by atoms with van der Waals surface area (Å²) >= 11 is 0. The minimum Gasteiger partial charge on any atom is -0.497 e. The second kappa shape index (κ2) is 7.19. The highest BCUT2D eigenvalue weighted by atomic mass is 16.5. The smallest absolute Gasteiger partial charge is 0.254 e. The number of methoxy groups -OCH3 is 1. The van der Waals surface area contributed by atoms with Crippen LogP contribution in [0.3, 0.4) is 0 Å². The van der Waals surface area contributed by atoms with E-state index in [9.17, 15) is 9.90 Å². The molecule has 1 aliphatic heterocycles. The molecule has 134 valence electrons. The summed E-state index contributed by atoms with van der Waals surface area (Å²) in [6, 6.07) is 15.7. The van der Waals surface area contributed by atoms with Crippen LogP contribution in [0.25, 0.3) is 0 Å². The lowest BCUT2D eigenvalue weighted by atomic mass is 9.86. The molecule has 0 aromatic heterocycles. The number of carbonyl (C=O) groups is 1. The molecule has 5 heteroatoms.